The van der Waals surface area contributed by atoms with Gasteiger partial charge >= 0.3 is 6.09 Å². The Labute approximate surface area is 128 Å². The van der Waals surface area contributed by atoms with E-state index in [0.717, 1.165) is 16.8 Å². The molecule has 0 aliphatic heterocycles. The number of ether oxygens (including phenoxy) is 1. The zero-order valence-electron chi connectivity index (χ0n) is 12.3. The fourth-order valence-electron chi connectivity index (χ4n) is 1.87. The number of nitrogens with one attached hydrogen (secondary N) is 2. The standard InChI is InChI=1S/C17H18N2O3/c1-13-15(9-10-16(20)19-13)8-5-11-18-17(21)22-12-14-6-3-2-4-7-14/h2-10H,11-12H2,1H3,(H,18,21)(H,19,20). The minimum atomic E-state index is -0.466. The molecule has 5 heteroatoms. The van der Waals surface area contributed by atoms with Crippen molar-refractivity contribution in [1.29, 1.82) is 0 Å². The minimum Gasteiger partial charge on any atom is -0.445 e. The van der Waals surface area contributed by atoms with Gasteiger partial charge < -0.3 is 15.0 Å². The van der Waals surface area contributed by atoms with Crippen molar-refractivity contribution in [3.63, 3.8) is 0 Å². The summed E-state index contributed by atoms with van der Waals surface area (Å²) in [6.45, 7) is 2.42. The van der Waals surface area contributed by atoms with E-state index in [1.54, 1.807) is 12.1 Å². The maximum Gasteiger partial charge on any atom is 0.407 e. The topological polar surface area (TPSA) is 71.2 Å². The minimum absolute atomic E-state index is 0.128. The van der Waals surface area contributed by atoms with Gasteiger partial charge in [0, 0.05) is 18.3 Å². The normalized spacial score (nSPS) is 10.6. The van der Waals surface area contributed by atoms with Gasteiger partial charge in [0.05, 0.1) is 0 Å². The van der Waals surface area contributed by atoms with Crippen molar-refractivity contribution in [1.82, 2.24) is 10.3 Å². The largest absolute Gasteiger partial charge is 0.445 e. The van der Waals surface area contributed by atoms with Gasteiger partial charge in [-0.3, -0.25) is 4.79 Å². The molecule has 1 heterocycles. The Kier molecular flexibility index (Phi) is 5.54. The van der Waals surface area contributed by atoms with E-state index in [9.17, 15) is 9.59 Å². The number of aromatic amines is 1. The molecule has 2 aromatic rings. The first-order valence-electron chi connectivity index (χ1n) is 6.96. The fourth-order valence-corrected chi connectivity index (χ4v) is 1.87. The lowest BCUT2D eigenvalue weighted by atomic mass is 10.2. The van der Waals surface area contributed by atoms with Crippen molar-refractivity contribution in [2.45, 2.75) is 13.5 Å². The second-order valence-corrected chi connectivity index (χ2v) is 4.75. The molecule has 1 aromatic heterocycles. The molecule has 0 saturated carbocycles. The molecule has 5 nitrogen and oxygen atoms in total. The number of rotatable bonds is 5. The number of alkyl carbamates (subject to hydrolysis) is 1. The van der Waals surface area contributed by atoms with Gasteiger partial charge in [-0.25, -0.2) is 4.79 Å². The average Bonchev–Trinajstić information content (AvgIpc) is 2.52. The van der Waals surface area contributed by atoms with Gasteiger partial charge in [0.15, 0.2) is 0 Å². The molecule has 0 saturated heterocycles. The fraction of sp³-hybridized carbons (Fsp3) is 0.176. The van der Waals surface area contributed by atoms with Crippen molar-refractivity contribution >= 4 is 12.2 Å². The first-order chi connectivity index (χ1) is 10.6. The lowest BCUT2D eigenvalue weighted by molar-refractivity contribution is 0.141. The van der Waals surface area contributed by atoms with Crippen LogP contribution in [0.25, 0.3) is 6.08 Å². The zero-order valence-corrected chi connectivity index (χ0v) is 12.3. The highest BCUT2D eigenvalue weighted by Crippen LogP contribution is 2.03. The van der Waals surface area contributed by atoms with E-state index in [2.05, 4.69) is 10.3 Å². The third-order valence-electron chi connectivity index (χ3n) is 3.03. The van der Waals surface area contributed by atoms with Crippen molar-refractivity contribution in [2.24, 2.45) is 0 Å². The predicted octanol–water partition coefficient (Wildman–Crippen LogP) is 2.62. The summed E-state index contributed by atoms with van der Waals surface area (Å²) in [5.41, 5.74) is 2.50. The smallest absolute Gasteiger partial charge is 0.407 e. The number of H-pyrrole nitrogens is 1. The summed E-state index contributed by atoms with van der Waals surface area (Å²) in [6, 6.07) is 12.7. The summed E-state index contributed by atoms with van der Waals surface area (Å²) in [5.74, 6) is 0. The molecule has 0 radical (unpaired) electrons. The van der Waals surface area contributed by atoms with Crippen LogP contribution in [0.1, 0.15) is 16.8 Å². The monoisotopic (exact) mass is 298 g/mol. The van der Waals surface area contributed by atoms with Gasteiger partial charge in [-0.05, 0) is 24.1 Å². The third-order valence-corrected chi connectivity index (χ3v) is 3.03. The Hall–Kier alpha value is -2.82. The second kappa shape index (κ2) is 7.83. The molecular formula is C17H18N2O3. The summed E-state index contributed by atoms with van der Waals surface area (Å²) in [4.78, 5) is 25.3. The van der Waals surface area contributed by atoms with Gasteiger partial charge in [0.2, 0.25) is 5.56 Å². The second-order valence-electron chi connectivity index (χ2n) is 4.75. The van der Waals surface area contributed by atoms with E-state index < -0.39 is 6.09 Å². The molecule has 0 spiro atoms. The molecule has 22 heavy (non-hydrogen) atoms. The van der Waals surface area contributed by atoms with Crippen LogP contribution < -0.4 is 10.9 Å². The van der Waals surface area contributed by atoms with Crippen LogP contribution in [0.2, 0.25) is 0 Å². The number of aryl methyl sites for hydroxylation is 1. The molecule has 114 valence electrons. The van der Waals surface area contributed by atoms with Crippen LogP contribution in [0, 0.1) is 6.92 Å². The number of pyridine rings is 1. The van der Waals surface area contributed by atoms with E-state index in [0.29, 0.717) is 6.54 Å². The summed E-state index contributed by atoms with van der Waals surface area (Å²) >= 11 is 0. The zero-order chi connectivity index (χ0) is 15.8. The van der Waals surface area contributed by atoms with Crippen LogP contribution in [0.15, 0.2) is 53.3 Å². The number of hydrogen-bond acceptors (Lipinski definition) is 3. The summed E-state index contributed by atoms with van der Waals surface area (Å²) < 4.78 is 5.09. The first kappa shape index (κ1) is 15.6. The van der Waals surface area contributed by atoms with Crippen molar-refractivity contribution in [3.05, 3.63) is 75.7 Å². The molecule has 2 N–H and O–H groups in total. The van der Waals surface area contributed by atoms with Crippen LogP contribution in [0.4, 0.5) is 4.79 Å². The maximum absolute atomic E-state index is 11.5. The van der Waals surface area contributed by atoms with Gasteiger partial charge in [0.25, 0.3) is 0 Å². The molecule has 0 bridgehead atoms. The molecule has 0 aliphatic carbocycles. The molecule has 0 atom stereocenters. The van der Waals surface area contributed by atoms with Crippen LogP contribution >= 0.6 is 0 Å². The molecule has 1 aromatic carbocycles. The van der Waals surface area contributed by atoms with E-state index in [1.165, 1.54) is 6.07 Å². The number of hydrogen-bond donors (Lipinski definition) is 2. The quantitative estimate of drug-likeness (QED) is 0.891. The van der Waals surface area contributed by atoms with Crippen molar-refractivity contribution in [2.75, 3.05) is 6.54 Å². The van der Waals surface area contributed by atoms with E-state index in [-0.39, 0.29) is 12.2 Å². The Morgan fingerprint density at radius 1 is 1.23 bits per heavy atom. The lowest BCUT2D eigenvalue weighted by Crippen LogP contribution is -2.24. The number of carbonyl (C=O) groups is 1. The van der Waals surface area contributed by atoms with E-state index in [4.69, 9.17) is 4.74 Å². The summed E-state index contributed by atoms with van der Waals surface area (Å²) in [5, 5.41) is 2.63. The number of amides is 1. The Bertz CT molecular complexity index is 705. The van der Waals surface area contributed by atoms with Crippen molar-refractivity contribution in [3.8, 4) is 0 Å². The lowest BCUT2D eigenvalue weighted by Gasteiger charge is -2.05. The molecular weight excluding hydrogens is 280 g/mol. The Balaban J connectivity index is 1.74. The molecule has 1 amide bonds. The van der Waals surface area contributed by atoms with Gasteiger partial charge in [-0.2, -0.15) is 0 Å². The van der Waals surface area contributed by atoms with E-state index >= 15 is 0 Å². The van der Waals surface area contributed by atoms with E-state index in [1.807, 2.05) is 43.3 Å². The van der Waals surface area contributed by atoms with Gasteiger partial charge in [-0.1, -0.05) is 42.5 Å². The SMILES string of the molecule is Cc1[nH]c(=O)ccc1C=CCNC(=O)OCc1ccccc1. The van der Waals surface area contributed by atoms with Crippen molar-refractivity contribution < 1.29 is 9.53 Å². The third kappa shape index (κ3) is 4.94. The Morgan fingerprint density at radius 2 is 2.00 bits per heavy atom. The summed E-state index contributed by atoms with van der Waals surface area (Å²) in [6.07, 6.45) is 3.17. The highest BCUT2D eigenvalue weighted by molar-refractivity contribution is 5.67. The number of carbonyl (C=O) groups excluding carboxylic acids is 1. The summed E-state index contributed by atoms with van der Waals surface area (Å²) in [7, 11) is 0. The highest BCUT2D eigenvalue weighted by atomic mass is 16.5. The van der Waals surface area contributed by atoms with Crippen LogP contribution in [-0.2, 0) is 11.3 Å². The maximum atomic E-state index is 11.5. The predicted molar refractivity (Wildman–Crippen MR) is 85.5 cm³/mol. The van der Waals surface area contributed by atoms with Crippen LogP contribution in [0.5, 0.6) is 0 Å². The Morgan fingerprint density at radius 3 is 2.73 bits per heavy atom. The molecule has 0 aliphatic rings. The number of aromatic nitrogens is 1. The molecule has 0 fully saturated rings. The van der Waals surface area contributed by atoms with Gasteiger partial charge in [0.1, 0.15) is 6.61 Å². The molecule has 2 rings (SSSR count). The van der Waals surface area contributed by atoms with Crippen LogP contribution in [-0.4, -0.2) is 17.6 Å². The molecule has 0 unspecified atom stereocenters. The highest BCUT2D eigenvalue weighted by Gasteiger charge is 2.00. The first-order valence-corrected chi connectivity index (χ1v) is 6.96. The average molecular weight is 298 g/mol. The van der Waals surface area contributed by atoms with Gasteiger partial charge in [-0.15, -0.1) is 0 Å². The van der Waals surface area contributed by atoms with Crippen LogP contribution in [0.3, 0.4) is 0 Å². The number of benzene rings is 1.